The zero-order valence-corrected chi connectivity index (χ0v) is 12.9. The van der Waals surface area contributed by atoms with Crippen molar-refractivity contribution in [2.75, 3.05) is 6.61 Å². The molecule has 0 amide bonds. The molecular weight excluding hydrogens is 266 g/mol. The quantitative estimate of drug-likeness (QED) is 0.794. The molecule has 0 saturated heterocycles. The first kappa shape index (κ1) is 15.7. The third kappa shape index (κ3) is 6.06. The zero-order chi connectivity index (χ0) is 15.1. The molecule has 0 saturated carbocycles. The second kappa shape index (κ2) is 7.33. The summed E-state index contributed by atoms with van der Waals surface area (Å²) in [6.07, 6.45) is 2.59. The van der Waals surface area contributed by atoms with Gasteiger partial charge in [-0.05, 0) is 32.9 Å². The van der Waals surface area contributed by atoms with Crippen LogP contribution in [0.3, 0.4) is 0 Å². The normalized spacial score (nSPS) is 11.8. The molecule has 5 nitrogen and oxygen atoms in total. The molecule has 0 aliphatic heterocycles. The van der Waals surface area contributed by atoms with Crippen LogP contribution in [0.4, 0.5) is 0 Å². The van der Waals surface area contributed by atoms with Crippen molar-refractivity contribution in [3.05, 3.63) is 47.6 Å². The largest absolute Gasteiger partial charge is 0.373 e. The highest BCUT2D eigenvalue weighted by atomic mass is 16.5. The van der Waals surface area contributed by atoms with Gasteiger partial charge in [0.2, 0.25) is 0 Å². The fourth-order valence-corrected chi connectivity index (χ4v) is 1.76. The van der Waals surface area contributed by atoms with E-state index in [1.807, 2.05) is 24.3 Å². The first-order valence-corrected chi connectivity index (χ1v) is 7.20. The summed E-state index contributed by atoms with van der Waals surface area (Å²) in [5, 5.41) is 7.39. The molecule has 0 fully saturated rings. The van der Waals surface area contributed by atoms with Crippen molar-refractivity contribution >= 4 is 0 Å². The number of ether oxygens (including phenoxy) is 1. The lowest BCUT2D eigenvalue weighted by Crippen LogP contribution is -2.35. The number of aromatic nitrogens is 2. The maximum absolute atomic E-state index is 5.59. The Labute approximate surface area is 125 Å². The van der Waals surface area contributed by atoms with Gasteiger partial charge in [0, 0.05) is 36.5 Å². The zero-order valence-electron chi connectivity index (χ0n) is 12.9. The topological polar surface area (TPSA) is 60.2 Å². The summed E-state index contributed by atoms with van der Waals surface area (Å²) in [4.78, 5) is 4.25. The fourth-order valence-electron chi connectivity index (χ4n) is 1.76. The van der Waals surface area contributed by atoms with Gasteiger partial charge in [-0.1, -0.05) is 11.2 Å². The predicted molar refractivity (Wildman–Crippen MR) is 80.7 cm³/mol. The Morgan fingerprint density at radius 1 is 1.24 bits per heavy atom. The molecule has 2 aromatic rings. The molecule has 2 rings (SSSR count). The highest BCUT2D eigenvalue weighted by molar-refractivity contribution is 5.05. The average molecular weight is 289 g/mol. The first-order valence-electron chi connectivity index (χ1n) is 7.20. The van der Waals surface area contributed by atoms with Crippen molar-refractivity contribution < 1.29 is 9.26 Å². The van der Waals surface area contributed by atoms with Crippen LogP contribution in [0.5, 0.6) is 0 Å². The third-order valence-corrected chi connectivity index (χ3v) is 2.88. The van der Waals surface area contributed by atoms with Crippen LogP contribution in [-0.2, 0) is 24.3 Å². The van der Waals surface area contributed by atoms with E-state index in [0.29, 0.717) is 19.8 Å². The molecule has 2 aromatic heterocycles. The standard InChI is InChI=1S/C16H23N3O2/c1-16(2,3)18-11-14-10-15(21-19-14)12-20-9-7-13-6-4-5-8-17-13/h4-6,8,10,18H,7,9,11-12H2,1-3H3. The maximum Gasteiger partial charge on any atom is 0.162 e. The van der Waals surface area contributed by atoms with E-state index in [-0.39, 0.29) is 5.54 Å². The molecule has 5 heteroatoms. The molecule has 0 aliphatic carbocycles. The molecule has 0 spiro atoms. The monoisotopic (exact) mass is 289 g/mol. The fraction of sp³-hybridized carbons (Fsp3) is 0.500. The van der Waals surface area contributed by atoms with Crippen molar-refractivity contribution in [3.63, 3.8) is 0 Å². The van der Waals surface area contributed by atoms with E-state index in [0.717, 1.165) is 23.6 Å². The number of nitrogens with one attached hydrogen (secondary N) is 1. The summed E-state index contributed by atoms with van der Waals surface area (Å²) < 4.78 is 10.8. The SMILES string of the molecule is CC(C)(C)NCc1cc(COCCc2ccccn2)on1. The van der Waals surface area contributed by atoms with Gasteiger partial charge >= 0.3 is 0 Å². The second-order valence-electron chi connectivity index (χ2n) is 6.01. The Kier molecular flexibility index (Phi) is 5.47. The van der Waals surface area contributed by atoms with E-state index in [1.165, 1.54) is 0 Å². The molecule has 114 valence electrons. The van der Waals surface area contributed by atoms with Crippen LogP contribution in [0.25, 0.3) is 0 Å². The van der Waals surface area contributed by atoms with Gasteiger partial charge in [-0.25, -0.2) is 0 Å². The van der Waals surface area contributed by atoms with Crippen LogP contribution in [0.2, 0.25) is 0 Å². The van der Waals surface area contributed by atoms with Crippen LogP contribution >= 0.6 is 0 Å². The third-order valence-electron chi connectivity index (χ3n) is 2.88. The van der Waals surface area contributed by atoms with E-state index in [4.69, 9.17) is 9.26 Å². The lowest BCUT2D eigenvalue weighted by molar-refractivity contribution is 0.103. The van der Waals surface area contributed by atoms with Crippen molar-refractivity contribution in [1.29, 1.82) is 0 Å². The molecule has 0 bridgehead atoms. The van der Waals surface area contributed by atoms with E-state index in [1.54, 1.807) is 6.20 Å². The van der Waals surface area contributed by atoms with Gasteiger partial charge in [0.15, 0.2) is 5.76 Å². The van der Waals surface area contributed by atoms with Crippen molar-refractivity contribution in [1.82, 2.24) is 15.5 Å². The van der Waals surface area contributed by atoms with E-state index >= 15 is 0 Å². The minimum atomic E-state index is 0.0678. The Balaban J connectivity index is 1.68. The molecule has 0 aliphatic rings. The maximum atomic E-state index is 5.59. The molecule has 21 heavy (non-hydrogen) atoms. The number of rotatable bonds is 7. The highest BCUT2D eigenvalue weighted by Crippen LogP contribution is 2.08. The summed E-state index contributed by atoms with van der Waals surface area (Å²) in [5.41, 5.74) is 2.00. The highest BCUT2D eigenvalue weighted by Gasteiger charge is 2.11. The van der Waals surface area contributed by atoms with Gasteiger partial charge in [0.05, 0.1) is 12.3 Å². The second-order valence-corrected chi connectivity index (χ2v) is 6.01. The minimum absolute atomic E-state index is 0.0678. The van der Waals surface area contributed by atoms with Crippen molar-refractivity contribution in [2.24, 2.45) is 0 Å². The predicted octanol–water partition coefficient (Wildman–Crippen LogP) is 2.72. The van der Waals surface area contributed by atoms with Crippen LogP contribution in [-0.4, -0.2) is 22.3 Å². The molecule has 0 aromatic carbocycles. The van der Waals surface area contributed by atoms with Crippen LogP contribution in [0, 0.1) is 0 Å². The van der Waals surface area contributed by atoms with Gasteiger partial charge in [0.1, 0.15) is 6.61 Å². The van der Waals surface area contributed by atoms with E-state index < -0.39 is 0 Å². The van der Waals surface area contributed by atoms with Crippen molar-refractivity contribution in [2.45, 2.75) is 45.9 Å². The Bertz CT molecular complexity index is 532. The van der Waals surface area contributed by atoms with E-state index in [9.17, 15) is 0 Å². The van der Waals surface area contributed by atoms with Gasteiger partial charge in [0.25, 0.3) is 0 Å². The number of pyridine rings is 1. The average Bonchev–Trinajstić information content (AvgIpc) is 2.90. The van der Waals surface area contributed by atoms with Crippen molar-refractivity contribution in [3.8, 4) is 0 Å². The summed E-state index contributed by atoms with van der Waals surface area (Å²) in [5.74, 6) is 0.752. The van der Waals surface area contributed by atoms with Crippen LogP contribution < -0.4 is 5.32 Å². The number of nitrogens with zero attached hydrogens (tertiary/aromatic N) is 2. The van der Waals surface area contributed by atoms with Gasteiger partial charge in [-0.15, -0.1) is 0 Å². The number of hydrogen-bond acceptors (Lipinski definition) is 5. The summed E-state index contributed by atoms with van der Waals surface area (Å²) in [6.45, 7) is 8.11. The summed E-state index contributed by atoms with van der Waals surface area (Å²) in [7, 11) is 0. The Morgan fingerprint density at radius 3 is 2.81 bits per heavy atom. The minimum Gasteiger partial charge on any atom is -0.373 e. The van der Waals surface area contributed by atoms with Crippen LogP contribution in [0.15, 0.2) is 35.0 Å². The molecule has 1 N–H and O–H groups in total. The first-order chi connectivity index (χ1) is 10.0. The van der Waals surface area contributed by atoms with Gasteiger partial charge in [-0.2, -0.15) is 0 Å². The van der Waals surface area contributed by atoms with E-state index in [2.05, 4.69) is 36.2 Å². The Morgan fingerprint density at radius 2 is 2.10 bits per heavy atom. The van der Waals surface area contributed by atoms with Crippen LogP contribution in [0.1, 0.15) is 37.9 Å². The molecule has 2 heterocycles. The molecule has 0 radical (unpaired) electrons. The summed E-state index contributed by atoms with van der Waals surface area (Å²) >= 11 is 0. The molecule has 0 atom stereocenters. The Hall–Kier alpha value is -1.72. The summed E-state index contributed by atoms with van der Waals surface area (Å²) in [6, 6.07) is 7.81. The molecular formula is C16H23N3O2. The smallest absolute Gasteiger partial charge is 0.162 e. The lowest BCUT2D eigenvalue weighted by atomic mass is 10.1. The van der Waals surface area contributed by atoms with Gasteiger partial charge in [-0.3, -0.25) is 4.98 Å². The number of hydrogen-bond donors (Lipinski definition) is 1. The van der Waals surface area contributed by atoms with Gasteiger partial charge < -0.3 is 14.6 Å². The molecule has 0 unspecified atom stereocenters. The lowest BCUT2D eigenvalue weighted by Gasteiger charge is -2.19.